The van der Waals surface area contributed by atoms with Gasteiger partial charge in [0.1, 0.15) is 0 Å². The van der Waals surface area contributed by atoms with Crippen LogP contribution in [0.3, 0.4) is 0 Å². The fraction of sp³-hybridized carbons (Fsp3) is 0.478. The minimum absolute atomic E-state index is 0.323. The molecular weight excluding hydrogens is 318 g/mol. The van der Waals surface area contributed by atoms with Crippen LogP contribution in [0.2, 0.25) is 0 Å². The van der Waals surface area contributed by atoms with Gasteiger partial charge in [0.15, 0.2) is 0 Å². The van der Waals surface area contributed by atoms with Crippen LogP contribution < -0.4 is 5.32 Å². The molecule has 1 N–H and O–H groups in total. The highest BCUT2D eigenvalue weighted by molar-refractivity contribution is 5.92. The van der Waals surface area contributed by atoms with Gasteiger partial charge in [-0.05, 0) is 68.4 Å². The zero-order valence-electron chi connectivity index (χ0n) is 16.5. The van der Waals surface area contributed by atoms with Gasteiger partial charge < -0.3 is 5.32 Å². The quantitative estimate of drug-likeness (QED) is 0.535. The van der Waals surface area contributed by atoms with Crippen LogP contribution in [0.4, 0.5) is 0 Å². The molecule has 3 heteroatoms. The van der Waals surface area contributed by atoms with Gasteiger partial charge in [0.05, 0.1) is 0 Å². The van der Waals surface area contributed by atoms with Crippen molar-refractivity contribution in [3.63, 3.8) is 0 Å². The highest BCUT2D eigenvalue weighted by Crippen LogP contribution is 2.25. The van der Waals surface area contributed by atoms with Crippen LogP contribution in [-0.4, -0.2) is 24.5 Å². The molecule has 0 amide bonds. The number of hydrogen-bond acceptors (Lipinski definition) is 3. The van der Waals surface area contributed by atoms with Gasteiger partial charge in [-0.25, -0.2) is 0 Å². The molecule has 0 bridgehead atoms. The molecule has 1 heterocycles. The van der Waals surface area contributed by atoms with Gasteiger partial charge in [-0.2, -0.15) is 0 Å². The number of nitrogens with zero attached hydrogens (tertiary/aromatic N) is 2. The average Bonchev–Trinajstić information content (AvgIpc) is 2.68. The van der Waals surface area contributed by atoms with Crippen LogP contribution in [0.1, 0.15) is 70.0 Å². The molecule has 26 heavy (non-hydrogen) atoms. The van der Waals surface area contributed by atoms with Crippen LogP contribution in [0, 0.1) is 0 Å². The van der Waals surface area contributed by atoms with E-state index < -0.39 is 0 Å². The zero-order chi connectivity index (χ0) is 18.8. The second-order valence-corrected chi connectivity index (χ2v) is 7.04. The Hall–Kier alpha value is -2.00. The number of nitrogens with one attached hydrogen (secondary N) is 1. The lowest BCUT2D eigenvalue weighted by molar-refractivity contribution is 0.410. The average molecular weight is 352 g/mol. The second-order valence-electron chi connectivity index (χ2n) is 7.04. The van der Waals surface area contributed by atoms with E-state index in [4.69, 9.17) is 0 Å². The number of aliphatic imine (C=N–C) groups is 2. The monoisotopic (exact) mass is 351 g/mol. The van der Waals surface area contributed by atoms with Gasteiger partial charge in [0.2, 0.25) is 0 Å². The van der Waals surface area contributed by atoms with Crippen LogP contribution in [0.5, 0.6) is 0 Å². The van der Waals surface area contributed by atoms with Crippen molar-refractivity contribution in [3.8, 4) is 0 Å². The molecule has 0 spiro atoms. The summed E-state index contributed by atoms with van der Waals surface area (Å²) in [5.74, 6) is 0. The smallest absolute Gasteiger partial charge is 0.0407 e. The Bertz CT molecular complexity index is 670. The van der Waals surface area contributed by atoms with E-state index in [1.54, 1.807) is 0 Å². The topological polar surface area (TPSA) is 36.8 Å². The van der Waals surface area contributed by atoms with E-state index in [0.29, 0.717) is 12.1 Å². The normalized spacial score (nSPS) is 16.9. The van der Waals surface area contributed by atoms with Crippen molar-refractivity contribution in [2.24, 2.45) is 9.98 Å². The van der Waals surface area contributed by atoms with E-state index in [1.807, 2.05) is 25.4 Å². The number of allylic oxidation sites excluding steroid dienone is 2. The van der Waals surface area contributed by atoms with Crippen molar-refractivity contribution in [1.29, 1.82) is 0 Å². The van der Waals surface area contributed by atoms with Crippen molar-refractivity contribution in [2.45, 2.75) is 65.0 Å². The summed E-state index contributed by atoms with van der Waals surface area (Å²) in [6.45, 7) is 11.1. The van der Waals surface area contributed by atoms with E-state index in [0.717, 1.165) is 31.5 Å². The Morgan fingerprint density at radius 3 is 2.92 bits per heavy atom. The van der Waals surface area contributed by atoms with E-state index in [9.17, 15) is 0 Å². The van der Waals surface area contributed by atoms with Crippen LogP contribution in [0.15, 0.2) is 53.1 Å². The maximum Gasteiger partial charge on any atom is 0.0407 e. The molecule has 0 aliphatic carbocycles. The predicted octanol–water partition coefficient (Wildman–Crippen LogP) is 5.75. The highest BCUT2D eigenvalue weighted by atomic mass is 14.9. The first-order chi connectivity index (χ1) is 12.6. The van der Waals surface area contributed by atoms with E-state index in [2.05, 4.69) is 60.0 Å². The Labute approximate surface area is 159 Å². The first-order valence-electron chi connectivity index (χ1n) is 9.84. The summed E-state index contributed by atoms with van der Waals surface area (Å²) in [5.41, 5.74) is 4.99. The standard InChI is InChI=1S/C23H33N3/c1-5-9-23(13-15-25-18(3)6-2)26-19(4)20-10-7-11-21(16-20)22-12-8-14-24-17-22/h6-7,10-11,14,16-17,19,23,26H,2,5,8-9,12-13,15H2,1,3-4H3. The second kappa shape index (κ2) is 10.9. The first-order valence-corrected chi connectivity index (χ1v) is 9.84. The fourth-order valence-electron chi connectivity index (χ4n) is 3.30. The van der Waals surface area contributed by atoms with E-state index in [-0.39, 0.29) is 0 Å². The summed E-state index contributed by atoms with van der Waals surface area (Å²) in [7, 11) is 0. The predicted molar refractivity (Wildman–Crippen MR) is 115 cm³/mol. The summed E-state index contributed by atoms with van der Waals surface area (Å²) in [4.78, 5) is 8.87. The third kappa shape index (κ3) is 6.38. The summed E-state index contributed by atoms with van der Waals surface area (Å²) in [5, 5.41) is 3.81. The number of hydrogen-bond donors (Lipinski definition) is 1. The van der Waals surface area contributed by atoms with Crippen molar-refractivity contribution in [1.82, 2.24) is 5.32 Å². The summed E-state index contributed by atoms with van der Waals surface area (Å²) in [6.07, 6.45) is 11.3. The van der Waals surface area contributed by atoms with Gasteiger partial charge in [0.25, 0.3) is 0 Å². The van der Waals surface area contributed by atoms with Crippen LogP contribution in [-0.2, 0) is 0 Å². The lowest BCUT2D eigenvalue weighted by atomic mass is 9.96. The van der Waals surface area contributed by atoms with Gasteiger partial charge in [0, 0.05) is 36.8 Å². The van der Waals surface area contributed by atoms with Crippen molar-refractivity contribution < 1.29 is 0 Å². The maximum absolute atomic E-state index is 4.56. The molecule has 2 unspecified atom stereocenters. The van der Waals surface area contributed by atoms with Gasteiger partial charge in [-0.1, -0.05) is 38.1 Å². The summed E-state index contributed by atoms with van der Waals surface area (Å²) >= 11 is 0. The van der Waals surface area contributed by atoms with Crippen LogP contribution in [0.25, 0.3) is 5.57 Å². The Morgan fingerprint density at radius 2 is 2.23 bits per heavy atom. The van der Waals surface area contributed by atoms with Gasteiger partial charge in [-0.15, -0.1) is 0 Å². The lowest BCUT2D eigenvalue weighted by Crippen LogP contribution is -2.32. The van der Waals surface area contributed by atoms with Crippen molar-refractivity contribution in [3.05, 3.63) is 54.2 Å². The molecule has 2 atom stereocenters. The molecule has 0 fully saturated rings. The largest absolute Gasteiger partial charge is 0.307 e. The molecule has 0 saturated heterocycles. The minimum atomic E-state index is 0.323. The SMILES string of the molecule is C=CC(C)=NCCC(CCC)NC(C)c1cccc(C2=CN=CCC2)c1. The Kier molecular flexibility index (Phi) is 8.49. The third-order valence-electron chi connectivity index (χ3n) is 4.89. The van der Waals surface area contributed by atoms with Crippen LogP contribution >= 0.6 is 0 Å². The molecule has 2 rings (SSSR count). The fourth-order valence-corrected chi connectivity index (χ4v) is 3.30. The van der Waals surface area contributed by atoms with E-state index in [1.165, 1.54) is 29.5 Å². The summed E-state index contributed by atoms with van der Waals surface area (Å²) < 4.78 is 0. The molecule has 3 nitrogen and oxygen atoms in total. The lowest BCUT2D eigenvalue weighted by Gasteiger charge is -2.23. The molecule has 0 saturated carbocycles. The molecular formula is C23H33N3. The number of benzene rings is 1. The van der Waals surface area contributed by atoms with Gasteiger partial charge >= 0.3 is 0 Å². The van der Waals surface area contributed by atoms with Gasteiger partial charge in [-0.3, -0.25) is 9.98 Å². The van der Waals surface area contributed by atoms with Crippen molar-refractivity contribution in [2.75, 3.05) is 6.54 Å². The molecule has 1 aromatic rings. The molecule has 1 aliphatic rings. The first kappa shape index (κ1) is 20.3. The number of rotatable bonds is 10. The molecule has 1 aromatic carbocycles. The highest BCUT2D eigenvalue weighted by Gasteiger charge is 2.14. The van der Waals surface area contributed by atoms with Crippen molar-refractivity contribution >= 4 is 17.5 Å². The molecule has 1 aliphatic heterocycles. The Balaban J connectivity index is 2.01. The third-order valence-corrected chi connectivity index (χ3v) is 4.89. The Morgan fingerprint density at radius 1 is 1.38 bits per heavy atom. The zero-order valence-corrected chi connectivity index (χ0v) is 16.5. The maximum atomic E-state index is 4.56. The molecule has 0 radical (unpaired) electrons. The minimum Gasteiger partial charge on any atom is -0.307 e. The van der Waals surface area contributed by atoms with E-state index >= 15 is 0 Å². The summed E-state index contributed by atoms with van der Waals surface area (Å²) in [6, 6.07) is 9.69. The molecule has 140 valence electrons. The molecule has 0 aromatic heterocycles.